The van der Waals surface area contributed by atoms with E-state index in [0.29, 0.717) is 0 Å². The molecule has 0 aromatic rings. The van der Waals surface area contributed by atoms with E-state index in [9.17, 15) is 0 Å². The summed E-state index contributed by atoms with van der Waals surface area (Å²) in [6, 6.07) is 0. The quantitative estimate of drug-likeness (QED) is 0.682. The van der Waals surface area contributed by atoms with E-state index in [4.69, 9.17) is 0 Å². The van der Waals surface area contributed by atoms with Crippen molar-refractivity contribution in [3.63, 3.8) is 0 Å². The van der Waals surface area contributed by atoms with Gasteiger partial charge in [-0.3, -0.25) is 0 Å². The van der Waals surface area contributed by atoms with Gasteiger partial charge in [0.05, 0.1) is 0 Å². The molecule has 0 saturated carbocycles. The third kappa shape index (κ3) is 1.63. The minimum atomic E-state index is -2.56. The molecule has 74 valence electrons. The standard InChI is InChI=1S/2C5H5.2CH3.H2Si.Zr/c2*1-2-4-5-3-1;;;;/h2*1-5H;2*1H3;1H2;. The van der Waals surface area contributed by atoms with Crippen LogP contribution in [-0.2, 0) is 17.4 Å². The van der Waals surface area contributed by atoms with Crippen LogP contribution in [0.15, 0.2) is 48.6 Å². The van der Waals surface area contributed by atoms with E-state index in [0.717, 1.165) is 7.25 Å². The van der Waals surface area contributed by atoms with Gasteiger partial charge in [-0.05, 0) is 0 Å². The molecule has 0 saturated heterocycles. The first-order chi connectivity index (χ1) is 6.49. The molecule has 0 aromatic carbocycles. The van der Waals surface area contributed by atoms with Crippen LogP contribution in [0, 0.1) is 0 Å². The van der Waals surface area contributed by atoms with Crippen molar-refractivity contribution in [3.05, 3.63) is 48.6 Å². The average Bonchev–Trinajstić information content (AvgIpc) is 2.78. The van der Waals surface area contributed by atoms with Crippen molar-refractivity contribution in [2.45, 2.75) is 16.5 Å². The monoisotopic (exact) mass is 280 g/mol. The van der Waals surface area contributed by atoms with Gasteiger partial charge in [-0.2, -0.15) is 0 Å². The molecule has 0 unspecified atom stereocenters. The maximum atomic E-state index is 2.58. The minimum absolute atomic E-state index is 0.757. The summed E-state index contributed by atoms with van der Waals surface area (Å²) in [6.45, 7) is 2.33. The fourth-order valence-corrected chi connectivity index (χ4v) is 14.0. The first-order valence-corrected chi connectivity index (χ1v) is 18.9. The third-order valence-corrected chi connectivity index (χ3v) is 21.9. The fraction of sp³-hybridized carbons (Fsp3) is 0.333. The van der Waals surface area contributed by atoms with Crippen LogP contribution >= 0.6 is 0 Å². The first-order valence-electron chi connectivity index (χ1n) is 5.26. The average molecular weight is 282 g/mol. The van der Waals surface area contributed by atoms with E-state index in [1.165, 1.54) is 0 Å². The Hall–Kier alpha value is 0.0600. The van der Waals surface area contributed by atoms with Gasteiger partial charge in [0, 0.05) is 0 Å². The van der Waals surface area contributed by atoms with Gasteiger partial charge in [0.2, 0.25) is 0 Å². The molecule has 0 nitrogen and oxygen atoms in total. The Bertz CT molecular complexity index is 360. The Morgan fingerprint density at radius 2 is 1.07 bits per heavy atom. The van der Waals surface area contributed by atoms with E-state index in [1.54, 1.807) is 0 Å². The van der Waals surface area contributed by atoms with Gasteiger partial charge >= 0.3 is 89.4 Å². The van der Waals surface area contributed by atoms with Crippen molar-refractivity contribution in [2.75, 3.05) is 0 Å². The normalized spacial score (nSPS) is 22.8. The number of hydrogen-bond donors (Lipinski definition) is 0. The molecule has 2 aliphatic rings. The number of hydrogen-bond acceptors (Lipinski definition) is 0. The van der Waals surface area contributed by atoms with Crippen molar-refractivity contribution in [1.29, 1.82) is 0 Å². The Morgan fingerprint density at radius 3 is 1.36 bits per heavy atom. The molecule has 0 fully saturated rings. The molecule has 0 radical (unpaired) electrons. The number of rotatable bonds is 2. The van der Waals surface area contributed by atoms with Gasteiger partial charge in [0.25, 0.3) is 0 Å². The summed E-state index contributed by atoms with van der Waals surface area (Å²) >= 11 is -2.56. The van der Waals surface area contributed by atoms with Gasteiger partial charge in [-0.15, -0.1) is 0 Å². The Kier molecular flexibility index (Phi) is 2.48. The SMILES string of the molecule is [CH3][Zr]([CH3])(=[SiH2])([CH]1C=CC=C1)[CH]1C=CC=C1. The van der Waals surface area contributed by atoms with Crippen LogP contribution in [-0.4, -0.2) is 6.88 Å². The van der Waals surface area contributed by atoms with Crippen molar-refractivity contribution < 1.29 is 17.4 Å². The van der Waals surface area contributed by atoms with Crippen LogP contribution in [0.4, 0.5) is 0 Å². The van der Waals surface area contributed by atoms with Crippen molar-refractivity contribution >= 4 is 6.88 Å². The third-order valence-electron chi connectivity index (χ3n) is 3.69. The van der Waals surface area contributed by atoms with Gasteiger partial charge in [-0.1, -0.05) is 0 Å². The summed E-state index contributed by atoms with van der Waals surface area (Å²) < 4.78 is 6.67. The van der Waals surface area contributed by atoms with Gasteiger partial charge in [0.1, 0.15) is 0 Å². The van der Waals surface area contributed by atoms with Crippen LogP contribution in [0.1, 0.15) is 0 Å². The molecule has 0 N–H and O–H groups in total. The second kappa shape index (κ2) is 3.28. The van der Waals surface area contributed by atoms with E-state index in [2.05, 4.69) is 64.8 Å². The van der Waals surface area contributed by atoms with E-state index in [1.807, 2.05) is 0 Å². The van der Waals surface area contributed by atoms with Gasteiger partial charge in [0.15, 0.2) is 0 Å². The summed E-state index contributed by atoms with van der Waals surface area (Å²) in [4.78, 5) is 0. The van der Waals surface area contributed by atoms with Crippen molar-refractivity contribution in [3.8, 4) is 0 Å². The molecule has 0 amide bonds. The Balaban J connectivity index is 2.41. The topological polar surface area (TPSA) is 0 Å². The second-order valence-corrected chi connectivity index (χ2v) is 36.4. The summed E-state index contributed by atoms with van der Waals surface area (Å²) in [6.07, 6.45) is 18.4. The summed E-state index contributed by atoms with van der Waals surface area (Å²) in [5.74, 6) is 0. The first kappa shape index (κ1) is 10.6. The van der Waals surface area contributed by atoms with Crippen LogP contribution in [0.25, 0.3) is 0 Å². The van der Waals surface area contributed by atoms with Crippen molar-refractivity contribution in [1.82, 2.24) is 0 Å². The van der Waals surface area contributed by atoms with Gasteiger partial charge < -0.3 is 0 Å². The van der Waals surface area contributed by atoms with Crippen LogP contribution in [0.5, 0.6) is 0 Å². The predicted octanol–water partition coefficient (Wildman–Crippen LogP) is 3.15. The zero-order chi connectivity index (χ0) is 10.3. The molecule has 2 rings (SSSR count). The summed E-state index contributed by atoms with van der Waals surface area (Å²) in [5, 5.41) is 0. The summed E-state index contributed by atoms with van der Waals surface area (Å²) in [7, 11) is 0. The molecule has 0 aromatic heterocycles. The zero-order valence-corrected chi connectivity index (χ0v) is 12.9. The molecule has 0 spiro atoms. The zero-order valence-electron chi connectivity index (χ0n) is 8.98. The van der Waals surface area contributed by atoms with E-state index < -0.39 is 17.4 Å². The second-order valence-electron chi connectivity index (χ2n) is 5.53. The molecule has 0 bridgehead atoms. The molecule has 14 heavy (non-hydrogen) atoms. The van der Waals surface area contributed by atoms with Crippen LogP contribution in [0.3, 0.4) is 0 Å². The van der Waals surface area contributed by atoms with Gasteiger partial charge in [-0.25, -0.2) is 0 Å². The molecular formula is C12H18SiZr. The van der Waals surface area contributed by atoms with Crippen LogP contribution in [0.2, 0.25) is 16.5 Å². The molecule has 0 atom stereocenters. The molecule has 2 aliphatic carbocycles. The molecule has 0 aliphatic heterocycles. The van der Waals surface area contributed by atoms with Crippen LogP contribution < -0.4 is 0 Å². The molecular weight excluding hydrogens is 263 g/mol. The molecule has 2 heteroatoms. The van der Waals surface area contributed by atoms with E-state index >= 15 is 0 Å². The Morgan fingerprint density at radius 1 is 0.786 bits per heavy atom. The summed E-state index contributed by atoms with van der Waals surface area (Å²) in [5.41, 5.74) is 0. The molecule has 0 heterocycles. The number of allylic oxidation sites excluding steroid dienone is 8. The van der Waals surface area contributed by atoms with E-state index in [-0.39, 0.29) is 0 Å². The predicted molar refractivity (Wildman–Crippen MR) is 64.3 cm³/mol. The fourth-order valence-electron chi connectivity index (χ4n) is 2.35. The van der Waals surface area contributed by atoms with Crippen molar-refractivity contribution in [2.24, 2.45) is 0 Å². The Labute approximate surface area is 89.0 Å². The maximum absolute atomic E-state index is 2.58.